The second-order valence-corrected chi connectivity index (χ2v) is 22.0. The molecule has 0 atom stereocenters. The molecule has 0 bridgehead atoms. The minimum atomic E-state index is -0.551. The van der Waals surface area contributed by atoms with E-state index in [4.69, 9.17) is 19.5 Å². The molecule has 2 aliphatic heterocycles. The molecule has 0 N–H and O–H groups in total. The number of hydrogen-bond donors (Lipinski definition) is 0. The number of benzene rings is 4. The van der Waals surface area contributed by atoms with Crippen LogP contribution < -0.4 is 41.9 Å². The van der Waals surface area contributed by atoms with Gasteiger partial charge in [-0.15, -0.1) is 45.3 Å². The fourth-order valence-electron chi connectivity index (χ4n) is 11.1. The first-order chi connectivity index (χ1) is 31.3. The van der Waals surface area contributed by atoms with Crippen LogP contribution in [0.1, 0.15) is 75.3 Å². The molecule has 6 aromatic carbocycles. The lowest BCUT2D eigenvalue weighted by atomic mass is 9.78. The molecule has 10 aromatic rings. The van der Waals surface area contributed by atoms with E-state index >= 15 is 0 Å². The number of ether oxygens (including phenoxy) is 2. The summed E-state index contributed by atoms with van der Waals surface area (Å²) in [6, 6.07) is 26.9. The van der Waals surface area contributed by atoms with Gasteiger partial charge in [-0.1, -0.05) is 61.4 Å². The van der Waals surface area contributed by atoms with Crippen LogP contribution in [0.2, 0.25) is 0 Å². The predicted molar refractivity (Wildman–Crippen MR) is 260 cm³/mol. The monoisotopic (exact) mass is 910 g/mol. The summed E-state index contributed by atoms with van der Waals surface area (Å²) >= 11 is 6.44. The first kappa shape index (κ1) is 37.5. The van der Waals surface area contributed by atoms with Crippen LogP contribution in [0.4, 0.5) is 10.0 Å². The summed E-state index contributed by atoms with van der Waals surface area (Å²) in [6.45, 7) is 0. The van der Waals surface area contributed by atoms with E-state index in [0.717, 1.165) is 137 Å². The van der Waals surface area contributed by atoms with Crippen LogP contribution in [0.3, 0.4) is 0 Å². The van der Waals surface area contributed by atoms with Crippen LogP contribution >= 0.6 is 45.3 Å². The van der Waals surface area contributed by atoms with Crippen molar-refractivity contribution in [3.05, 3.63) is 148 Å². The lowest BCUT2D eigenvalue weighted by Gasteiger charge is -2.40. The van der Waals surface area contributed by atoms with Crippen LogP contribution in [-0.2, 0) is 11.2 Å². The molecule has 2 fully saturated rings. The van der Waals surface area contributed by atoms with Crippen molar-refractivity contribution in [2.45, 2.75) is 75.4 Å². The highest BCUT2D eigenvalue weighted by atomic mass is 32.1. The van der Waals surface area contributed by atoms with Crippen molar-refractivity contribution in [3.8, 4) is 31.0 Å². The Kier molecular flexibility index (Phi) is 7.80. The van der Waals surface area contributed by atoms with Gasteiger partial charge in [-0.2, -0.15) is 0 Å². The Hall–Kier alpha value is -5.92. The molecule has 8 nitrogen and oxygen atoms in total. The third-order valence-electron chi connectivity index (χ3n) is 14.2. The van der Waals surface area contributed by atoms with Crippen LogP contribution in [0, 0.1) is 0 Å². The summed E-state index contributed by atoms with van der Waals surface area (Å²) < 4.78 is 16.8. The van der Waals surface area contributed by atoms with E-state index in [9.17, 15) is 19.2 Å². The van der Waals surface area contributed by atoms with Crippen LogP contribution in [0.25, 0.3) is 72.0 Å². The van der Waals surface area contributed by atoms with Gasteiger partial charge in [0.15, 0.2) is 22.2 Å². The fourth-order valence-corrected chi connectivity index (χ4v) is 16.3. The van der Waals surface area contributed by atoms with E-state index in [2.05, 4.69) is 12.1 Å². The fraction of sp³-hybridized carbons (Fsp3) is 0.231. The van der Waals surface area contributed by atoms with E-state index in [0.29, 0.717) is 31.5 Å². The highest BCUT2D eigenvalue weighted by molar-refractivity contribution is 7.35. The molecule has 64 heavy (non-hydrogen) atoms. The van der Waals surface area contributed by atoms with Crippen LogP contribution in [0.5, 0.6) is 11.5 Å². The minimum Gasteiger partial charge on any atom is -0.479 e. The second-order valence-electron chi connectivity index (χ2n) is 17.9. The Labute approximate surface area is 379 Å². The number of nitrogens with zero attached hydrogens (tertiary/aromatic N) is 2. The molecule has 0 unspecified atom stereocenters. The molecule has 312 valence electrons. The van der Waals surface area contributed by atoms with Gasteiger partial charge in [0.2, 0.25) is 21.7 Å². The lowest BCUT2D eigenvalue weighted by Crippen LogP contribution is -2.37. The van der Waals surface area contributed by atoms with Gasteiger partial charge in [0.05, 0.1) is 28.9 Å². The predicted octanol–water partition coefficient (Wildman–Crippen LogP) is 11.8. The Morgan fingerprint density at radius 1 is 0.422 bits per heavy atom. The average Bonchev–Trinajstić information content (AvgIpc) is 4.17. The smallest absolute Gasteiger partial charge is 0.216 e. The van der Waals surface area contributed by atoms with E-state index in [1.54, 1.807) is 22.7 Å². The molecular formula is C52H34N2O6S4. The van der Waals surface area contributed by atoms with Gasteiger partial charge < -0.3 is 9.47 Å². The molecule has 14 rings (SSSR count). The zero-order valence-corrected chi connectivity index (χ0v) is 37.4. The van der Waals surface area contributed by atoms with E-state index < -0.39 is 11.2 Å². The molecule has 0 radical (unpaired) electrons. The minimum absolute atomic E-state index is 0.0360. The standard InChI is InChI=1S/C52H34N2O6S4/c55-39-29-19-25-11-3-4-12-26(25)20-30(29)40(56)37(39)53-35-23-33-45(61-35)47-43(59-51(33)15-7-1-8-16-51)49-50(63-47)44-48(64-49)46-34(52(60-44)17-9-2-10-18-52)24-36(62-46)54-38-41(57)31-21-27-13-5-6-14-28(27)22-32(31)42(38)58/h3-6,11-14,19-24H,1-2,7-10,15-18H2. The summed E-state index contributed by atoms with van der Waals surface area (Å²) in [7, 11) is 0. The van der Waals surface area contributed by atoms with E-state index in [-0.39, 0.29) is 32.4 Å². The highest BCUT2D eigenvalue weighted by Crippen LogP contribution is 2.67. The molecule has 4 aromatic heterocycles. The zero-order valence-electron chi connectivity index (χ0n) is 34.1. The number of rotatable bonds is 2. The van der Waals surface area contributed by atoms with Crippen LogP contribution in [-0.4, -0.2) is 0 Å². The summed E-state index contributed by atoms with van der Waals surface area (Å²) in [4.78, 5) is 69.2. The highest BCUT2D eigenvalue weighted by Gasteiger charge is 2.48. The van der Waals surface area contributed by atoms with Gasteiger partial charge in [-0.25, -0.2) is 9.98 Å². The summed E-state index contributed by atoms with van der Waals surface area (Å²) in [5, 5.41) is 6.48. The largest absolute Gasteiger partial charge is 0.479 e. The third-order valence-corrected chi connectivity index (χ3v) is 19.1. The Bertz CT molecular complexity index is 3640. The molecule has 2 aliphatic carbocycles. The summed E-state index contributed by atoms with van der Waals surface area (Å²) in [6.07, 6.45) is 9.85. The normalized spacial score (nSPS) is 17.2. The number of fused-ring (bicyclic) bond motifs is 15. The van der Waals surface area contributed by atoms with Gasteiger partial charge in [0.1, 0.15) is 21.2 Å². The molecule has 6 heterocycles. The third kappa shape index (κ3) is 5.13. The van der Waals surface area contributed by atoms with Crippen molar-refractivity contribution in [1.29, 1.82) is 0 Å². The van der Waals surface area contributed by atoms with Gasteiger partial charge in [0, 0.05) is 32.7 Å². The summed E-state index contributed by atoms with van der Waals surface area (Å²) in [5.41, 5.74) is -0.248. The zero-order chi connectivity index (χ0) is 42.6. The van der Waals surface area contributed by atoms with Gasteiger partial charge in [0.25, 0.3) is 0 Å². The Morgan fingerprint density at radius 3 is 1.11 bits per heavy atom. The molecule has 12 heteroatoms. The Morgan fingerprint density at radius 2 is 0.766 bits per heavy atom. The van der Waals surface area contributed by atoms with E-state index in [1.165, 1.54) is 22.7 Å². The van der Waals surface area contributed by atoms with Gasteiger partial charge in [-0.05, 0) is 109 Å². The van der Waals surface area contributed by atoms with Crippen molar-refractivity contribution in [1.82, 2.24) is 0 Å². The van der Waals surface area contributed by atoms with Gasteiger partial charge >= 0.3 is 0 Å². The SMILES string of the molecule is O=c1c(=Nc2cc3c(s2)-c2sc4c5c(sc4c2OC32CCCCC2)-c2sc(N=c3c(=O)c4cc6ccccc6cc4c3=O)cc2C2(CCCCC2)O5)c(=O)c2cc3ccccc3cc12. The summed E-state index contributed by atoms with van der Waals surface area (Å²) in [5.74, 6) is 1.74. The quantitative estimate of drug-likeness (QED) is 0.171. The van der Waals surface area contributed by atoms with Crippen molar-refractivity contribution in [2.75, 3.05) is 0 Å². The Balaban J connectivity index is 0.933. The van der Waals surface area contributed by atoms with E-state index in [1.807, 2.05) is 72.8 Å². The number of hydrogen-bond acceptors (Lipinski definition) is 12. The molecule has 2 spiro atoms. The maximum absolute atomic E-state index is 13.8. The maximum atomic E-state index is 13.8. The van der Waals surface area contributed by atoms with Crippen molar-refractivity contribution in [2.24, 2.45) is 9.98 Å². The molecule has 4 aliphatic rings. The molecule has 0 saturated heterocycles. The lowest BCUT2D eigenvalue weighted by molar-refractivity contribution is 0.0258. The first-order valence-electron chi connectivity index (χ1n) is 21.9. The van der Waals surface area contributed by atoms with Gasteiger partial charge in [-0.3, -0.25) is 19.2 Å². The topological polar surface area (TPSA) is 111 Å². The number of thiophene rings is 4. The van der Waals surface area contributed by atoms with Crippen molar-refractivity contribution >= 4 is 108 Å². The van der Waals surface area contributed by atoms with Crippen molar-refractivity contribution < 1.29 is 9.47 Å². The second kappa shape index (κ2) is 13.3. The first-order valence-corrected chi connectivity index (χ1v) is 25.2. The van der Waals surface area contributed by atoms with Crippen molar-refractivity contribution in [3.63, 3.8) is 0 Å². The molecule has 0 amide bonds. The molecule has 2 saturated carbocycles. The molecular weight excluding hydrogens is 877 g/mol. The van der Waals surface area contributed by atoms with Crippen LogP contribution in [0.15, 0.2) is 114 Å². The average molecular weight is 911 g/mol. The maximum Gasteiger partial charge on any atom is 0.216 e.